The molecule has 0 aromatic carbocycles. The maximum absolute atomic E-state index is 12.4. The van der Waals surface area contributed by atoms with Gasteiger partial charge in [0, 0.05) is 6.42 Å². The Hall–Kier alpha value is -1.79. The average molecular weight is 704 g/mol. The molecular weight excluding hydrogens is 642 g/mol. The minimum Gasteiger partial charge on any atom is -0.394 e. The molecule has 12 unspecified atom stereocenters. The average Bonchev–Trinajstić information content (AvgIpc) is 3.09. The topological polar surface area (TPSA) is 228 Å². The van der Waals surface area contributed by atoms with Crippen molar-refractivity contribution < 1.29 is 64.6 Å². The third kappa shape index (κ3) is 14.8. The van der Waals surface area contributed by atoms with E-state index in [0.29, 0.717) is 12.8 Å². The lowest BCUT2D eigenvalue weighted by Gasteiger charge is -2.46. The number of carbonyl (C=O) groups excluding carboxylic acids is 1. The molecule has 2 aliphatic heterocycles. The van der Waals surface area contributed by atoms with Gasteiger partial charge in [0.2, 0.25) is 5.91 Å². The van der Waals surface area contributed by atoms with Crippen molar-refractivity contribution in [1.82, 2.24) is 5.32 Å². The predicted octanol–water partition coefficient (Wildman–Crippen LogP) is 0.472. The summed E-state index contributed by atoms with van der Waals surface area (Å²) in [4.78, 5) is 12.4. The van der Waals surface area contributed by atoms with Crippen LogP contribution in [-0.2, 0) is 23.7 Å². The van der Waals surface area contributed by atoms with Crippen LogP contribution in [-0.4, -0.2) is 140 Å². The Morgan fingerprint density at radius 3 is 1.92 bits per heavy atom. The third-order valence-electron chi connectivity index (χ3n) is 8.53. The molecular formula is C35H61NO13. The highest BCUT2D eigenvalue weighted by molar-refractivity contribution is 5.76. The molecule has 12 atom stereocenters. The minimum absolute atomic E-state index is 0.219. The zero-order chi connectivity index (χ0) is 36.2. The van der Waals surface area contributed by atoms with Gasteiger partial charge in [0.05, 0.1) is 32.0 Å². The normalized spacial score (nSPS) is 32.3. The molecule has 2 fully saturated rings. The fraction of sp³-hybridized carbons (Fsp3) is 0.800. The Balaban J connectivity index is 1.91. The van der Waals surface area contributed by atoms with Crippen LogP contribution >= 0.6 is 0 Å². The molecule has 0 aromatic rings. The van der Waals surface area contributed by atoms with E-state index in [1.807, 2.05) is 13.0 Å². The van der Waals surface area contributed by atoms with Gasteiger partial charge in [-0.2, -0.15) is 0 Å². The van der Waals surface area contributed by atoms with E-state index in [2.05, 4.69) is 36.5 Å². The maximum atomic E-state index is 12.4. The lowest BCUT2D eigenvalue weighted by atomic mass is 9.97. The Morgan fingerprint density at radius 2 is 1.31 bits per heavy atom. The molecule has 0 saturated carbocycles. The lowest BCUT2D eigenvalue weighted by Crippen LogP contribution is -2.65. The zero-order valence-electron chi connectivity index (χ0n) is 28.9. The number of carbonyl (C=O) groups is 1. The maximum Gasteiger partial charge on any atom is 0.220 e. The summed E-state index contributed by atoms with van der Waals surface area (Å²) in [6.45, 7) is 2.29. The Morgan fingerprint density at radius 1 is 0.714 bits per heavy atom. The summed E-state index contributed by atoms with van der Waals surface area (Å²) >= 11 is 0. The van der Waals surface area contributed by atoms with E-state index in [1.165, 1.54) is 25.7 Å². The fourth-order valence-electron chi connectivity index (χ4n) is 5.54. The van der Waals surface area contributed by atoms with Crippen LogP contribution in [0.2, 0.25) is 0 Å². The van der Waals surface area contributed by atoms with Crippen molar-refractivity contribution in [2.45, 2.75) is 158 Å². The van der Waals surface area contributed by atoms with Crippen LogP contribution in [0.1, 0.15) is 84.5 Å². The number of ether oxygens (including phenoxy) is 4. The van der Waals surface area contributed by atoms with Crippen molar-refractivity contribution in [2.75, 3.05) is 19.8 Å². The summed E-state index contributed by atoms with van der Waals surface area (Å²) in [5.74, 6) is -0.312. The molecule has 284 valence electrons. The van der Waals surface area contributed by atoms with Gasteiger partial charge in [-0.25, -0.2) is 0 Å². The second-order valence-electron chi connectivity index (χ2n) is 12.6. The van der Waals surface area contributed by atoms with E-state index in [4.69, 9.17) is 18.9 Å². The summed E-state index contributed by atoms with van der Waals surface area (Å²) in [5, 5.41) is 85.1. The summed E-state index contributed by atoms with van der Waals surface area (Å²) < 4.78 is 22.2. The van der Waals surface area contributed by atoms with E-state index < -0.39 is 86.8 Å². The second kappa shape index (κ2) is 24.4. The van der Waals surface area contributed by atoms with Gasteiger partial charge in [-0.1, -0.05) is 69.6 Å². The molecule has 2 heterocycles. The lowest BCUT2D eigenvalue weighted by molar-refractivity contribution is -0.359. The monoisotopic (exact) mass is 703 g/mol. The molecule has 2 saturated heterocycles. The number of hydrogen-bond donors (Lipinski definition) is 9. The highest BCUT2D eigenvalue weighted by Crippen LogP contribution is 2.29. The first kappa shape index (κ1) is 43.4. The molecule has 14 heteroatoms. The predicted molar refractivity (Wildman–Crippen MR) is 180 cm³/mol. The van der Waals surface area contributed by atoms with Crippen molar-refractivity contribution in [1.29, 1.82) is 0 Å². The molecule has 0 radical (unpaired) electrons. The van der Waals surface area contributed by atoms with E-state index in [-0.39, 0.29) is 18.9 Å². The third-order valence-corrected chi connectivity index (χ3v) is 8.53. The number of aliphatic hydroxyl groups is 8. The molecule has 9 N–H and O–H groups in total. The number of nitrogens with one attached hydrogen (secondary N) is 1. The number of allylic oxidation sites excluding steroid dienone is 5. The van der Waals surface area contributed by atoms with Crippen LogP contribution in [0.25, 0.3) is 0 Å². The van der Waals surface area contributed by atoms with Crippen LogP contribution in [0.4, 0.5) is 0 Å². The van der Waals surface area contributed by atoms with Crippen molar-refractivity contribution in [3.05, 3.63) is 36.5 Å². The number of hydrogen-bond acceptors (Lipinski definition) is 13. The van der Waals surface area contributed by atoms with E-state index in [1.54, 1.807) is 6.08 Å². The molecule has 49 heavy (non-hydrogen) atoms. The minimum atomic E-state index is -1.79. The Bertz CT molecular complexity index is 977. The van der Waals surface area contributed by atoms with Gasteiger partial charge in [0.1, 0.15) is 48.8 Å². The number of aliphatic hydroxyl groups excluding tert-OH is 8. The van der Waals surface area contributed by atoms with Gasteiger partial charge >= 0.3 is 0 Å². The highest BCUT2D eigenvalue weighted by Gasteiger charge is 2.50. The van der Waals surface area contributed by atoms with Crippen LogP contribution in [0.3, 0.4) is 0 Å². The molecule has 0 aromatic heterocycles. The Labute approximate surface area is 290 Å². The highest BCUT2D eigenvalue weighted by atomic mass is 16.7. The molecule has 14 nitrogen and oxygen atoms in total. The molecule has 2 aliphatic rings. The number of rotatable bonds is 23. The van der Waals surface area contributed by atoms with Gasteiger partial charge in [-0.15, -0.1) is 0 Å². The van der Waals surface area contributed by atoms with Gasteiger partial charge in [0.25, 0.3) is 0 Å². The van der Waals surface area contributed by atoms with Crippen molar-refractivity contribution in [3.8, 4) is 0 Å². The largest absolute Gasteiger partial charge is 0.394 e. The summed E-state index contributed by atoms with van der Waals surface area (Å²) in [6, 6.07) is -0.928. The van der Waals surface area contributed by atoms with Crippen molar-refractivity contribution >= 4 is 5.91 Å². The first-order valence-electron chi connectivity index (χ1n) is 17.7. The molecule has 0 bridgehead atoms. The SMILES string of the molecule is CCCCCC/C=C/CC/C=C/CC/C=C/C(O)C(COC1OC(CO)C(OC2OC(CO)C(O)C(O)C2O)C(O)C1O)NC(=O)CCC. The van der Waals surface area contributed by atoms with Crippen LogP contribution < -0.4 is 5.32 Å². The molecule has 1 amide bonds. The van der Waals surface area contributed by atoms with Gasteiger partial charge < -0.3 is 65.1 Å². The zero-order valence-corrected chi connectivity index (χ0v) is 28.9. The van der Waals surface area contributed by atoms with Crippen molar-refractivity contribution in [2.24, 2.45) is 0 Å². The Kier molecular flexibility index (Phi) is 21.6. The second-order valence-corrected chi connectivity index (χ2v) is 12.6. The molecule has 0 aliphatic carbocycles. The van der Waals surface area contributed by atoms with Crippen molar-refractivity contribution in [3.63, 3.8) is 0 Å². The van der Waals surface area contributed by atoms with E-state index >= 15 is 0 Å². The number of amides is 1. The van der Waals surface area contributed by atoms with E-state index in [0.717, 1.165) is 25.7 Å². The quantitative estimate of drug-likeness (QED) is 0.0522. The van der Waals surface area contributed by atoms with Crippen LogP contribution in [0.15, 0.2) is 36.5 Å². The summed E-state index contributed by atoms with van der Waals surface area (Å²) in [5.41, 5.74) is 0. The van der Waals surface area contributed by atoms with Gasteiger partial charge in [-0.05, 0) is 44.9 Å². The standard InChI is InChI=1S/C35H61NO13/c1-3-5-6-7-8-9-10-11-12-13-14-15-16-17-19-24(39)23(36-27(40)18-4-2)22-46-34-32(45)30(43)33(26(21-38)48-34)49-35-31(44)29(42)28(41)25(20-37)47-35/h9-10,13-14,17,19,23-26,28-35,37-39,41-45H,3-8,11-12,15-16,18,20-22H2,1-2H3,(H,36,40)/b10-9+,14-13+,19-17+. The summed E-state index contributed by atoms with van der Waals surface area (Å²) in [6.07, 6.45) is 5.42. The number of unbranched alkanes of at least 4 members (excludes halogenated alkanes) is 6. The smallest absolute Gasteiger partial charge is 0.220 e. The first-order valence-corrected chi connectivity index (χ1v) is 17.7. The van der Waals surface area contributed by atoms with Gasteiger partial charge in [0.15, 0.2) is 12.6 Å². The fourth-order valence-corrected chi connectivity index (χ4v) is 5.54. The van der Waals surface area contributed by atoms with E-state index in [9.17, 15) is 45.6 Å². The van der Waals surface area contributed by atoms with Crippen LogP contribution in [0, 0.1) is 0 Å². The van der Waals surface area contributed by atoms with Crippen LogP contribution in [0.5, 0.6) is 0 Å². The summed E-state index contributed by atoms with van der Waals surface area (Å²) in [7, 11) is 0. The first-order chi connectivity index (χ1) is 23.6. The van der Waals surface area contributed by atoms with Gasteiger partial charge in [-0.3, -0.25) is 4.79 Å². The molecule has 2 rings (SSSR count). The molecule has 0 spiro atoms.